The van der Waals surface area contributed by atoms with Crippen LogP contribution in [0.25, 0.3) is 0 Å². The van der Waals surface area contributed by atoms with E-state index in [1.54, 1.807) is 0 Å². The monoisotopic (exact) mass is 319 g/mol. The van der Waals surface area contributed by atoms with E-state index in [2.05, 4.69) is 4.90 Å². The van der Waals surface area contributed by atoms with Crippen LogP contribution in [0.3, 0.4) is 0 Å². The Balaban J connectivity index is 2.06. The van der Waals surface area contributed by atoms with Crippen molar-refractivity contribution in [3.8, 4) is 0 Å². The van der Waals surface area contributed by atoms with E-state index < -0.39 is 0 Å². The molecule has 106 valence electrons. The van der Waals surface area contributed by atoms with Crippen molar-refractivity contribution >= 4 is 34.8 Å². The maximum absolute atomic E-state index is 6.27. The Bertz CT molecular complexity index is 402. The molecule has 2 rings (SSSR count). The lowest BCUT2D eigenvalue weighted by Gasteiger charge is -2.34. The number of nitrogens with zero attached hydrogens (tertiary/aromatic N) is 1. The fraction of sp³-hybridized carbons (Fsp3) is 0.600. The molecule has 1 aliphatic carbocycles. The first-order chi connectivity index (χ1) is 9.20. The van der Waals surface area contributed by atoms with Crippen LogP contribution in [-0.4, -0.2) is 23.4 Å². The molecule has 0 aromatic heterocycles. The van der Waals surface area contributed by atoms with Crippen LogP contribution in [0.2, 0.25) is 10.0 Å². The van der Waals surface area contributed by atoms with Crippen LogP contribution < -0.4 is 0 Å². The molecule has 0 atom stereocenters. The third kappa shape index (κ3) is 4.53. The van der Waals surface area contributed by atoms with Gasteiger partial charge in [0.05, 0.1) is 0 Å². The second kappa shape index (κ2) is 7.73. The molecule has 1 fully saturated rings. The van der Waals surface area contributed by atoms with Crippen LogP contribution in [0.1, 0.15) is 37.7 Å². The number of halogens is 3. The molecule has 0 radical (unpaired) electrons. The van der Waals surface area contributed by atoms with Gasteiger partial charge >= 0.3 is 0 Å². The lowest BCUT2D eigenvalue weighted by atomic mass is 9.94. The molecule has 1 saturated carbocycles. The molecule has 0 amide bonds. The molecule has 0 heterocycles. The van der Waals surface area contributed by atoms with Crippen molar-refractivity contribution in [1.82, 2.24) is 4.90 Å². The van der Waals surface area contributed by atoms with Gasteiger partial charge in [-0.15, -0.1) is 11.6 Å². The van der Waals surface area contributed by atoms with E-state index in [1.807, 2.05) is 18.2 Å². The smallest absolute Gasteiger partial charge is 0.0465 e. The third-order valence-corrected chi connectivity index (χ3v) is 4.61. The minimum Gasteiger partial charge on any atom is -0.295 e. The summed E-state index contributed by atoms with van der Waals surface area (Å²) in [5.74, 6) is 0.668. The molecule has 1 aliphatic rings. The molecular weight excluding hydrogens is 301 g/mol. The van der Waals surface area contributed by atoms with Crippen LogP contribution in [0.5, 0.6) is 0 Å². The van der Waals surface area contributed by atoms with Gasteiger partial charge in [-0.2, -0.15) is 0 Å². The molecule has 1 aromatic carbocycles. The Morgan fingerprint density at radius 1 is 1.11 bits per heavy atom. The molecule has 19 heavy (non-hydrogen) atoms. The summed E-state index contributed by atoms with van der Waals surface area (Å²) in [6, 6.07) is 6.40. The predicted octanol–water partition coefficient (Wildman–Crippen LogP) is 5.37. The van der Waals surface area contributed by atoms with Gasteiger partial charge in [0.25, 0.3) is 0 Å². The summed E-state index contributed by atoms with van der Waals surface area (Å²) in [7, 11) is 0. The maximum atomic E-state index is 6.27. The lowest BCUT2D eigenvalue weighted by Crippen LogP contribution is -2.37. The Hall–Kier alpha value is 0.0500. The summed E-state index contributed by atoms with van der Waals surface area (Å²) < 4.78 is 0. The lowest BCUT2D eigenvalue weighted by molar-refractivity contribution is 0.157. The molecule has 0 bridgehead atoms. The summed E-state index contributed by atoms with van der Waals surface area (Å²) in [5, 5.41) is 1.44. The van der Waals surface area contributed by atoms with Gasteiger partial charge in [-0.3, -0.25) is 4.90 Å². The van der Waals surface area contributed by atoms with Crippen molar-refractivity contribution < 1.29 is 0 Å². The van der Waals surface area contributed by atoms with Crippen molar-refractivity contribution in [2.45, 2.75) is 44.7 Å². The second-order valence-corrected chi connectivity index (χ2v) is 6.41. The molecular formula is C15H20Cl3N. The van der Waals surface area contributed by atoms with Crippen LogP contribution >= 0.6 is 34.8 Å². The van der Waals surface area contributed by atoms with E-state index in [0.29, 0.717) is 16.9 Å². The molecule has 0 aliphatic heterocycles. The van der Waals surface area contributed by atoms with Crippen molar-refractivity contribution in [2.75, 3.05) is 12.4 Å². The summed E-state index contributed by atoms with van der Waals surface area (Å²) in [6.45, 7) is 1.79. The highest BCUT2D eigenvalue weighted by molar-refractivity contribution is 6.35. The average Bonchev–Trinajstić information content (AvgIpc) is 2.42. The van der Waals surface area contributed by atoms with Crippen LogP contribution in [0.15, 0.2) is 18.2 Å². The number of hydrogen-bond acceptors (Lipinski definition) is 1. The summed E-state index contributed by atoms with van der Waals surface area (Å²) in [5.41, 5.74) is 1.14. The van der Waals surface area contributed by atoms with Crippen molar-refractivity contribution in [1.29, 1.82) is 0 Å². The van der Waals surface area contributed by atoms with E-state index in [4.69, 9.17) is 34.8 Å². The Kier molecular flexibility index (Phi) is 6.28. The van der Waals surface area contributed by atoms with E-state index in [9.17, 15) is 0 Å². The minimum absolute atomic E-state index is 0.652. The Labute approximate surface area is 130 Å². The SMILES string of the molecule is ClCCN(Cc1ccc(Cl)cc1Cl)C1CCCCC1. The van der Waals surface area contributed by atoms with Crippen molar-refractivity contribution in [3.05, 3.63) is 33.8 Å². The van der Waals surface area contributed by atoms with Crippen molar-refractivity contribution in [3.63, 3.8) is 0 Å². The number of rotatable bonds is 5. The van der Waals surface area contributed by atoms with Crippen LogP contribution in [-0.2, 0) is 6.54 Å². The second-order valence-electron chi connectivity index (χ2n) is 5.19. The van der Waals surface area contributed by atoms with E-state index in [0.717, 1.165) is 23.7 Å². The molecule has 0 spiro atoms. The first kappa shape index (κ1) is 15.4. The van der Waals surface area contributed by atoms with Gasteiger partial charge in [0.1, 0.15) is 0 Å². The molecule has 1 nitrogen and oxygen atoms in total. The maximum Gasteiger partial charge on any atom is 0.0465 e. The zero-order chi connectivity index (χ0) is 13.7. The first-order valence-corrected chi connectivity index (χ1v) is 8.23. The van der Waals surface area contributed by atoms with E-state index in [1.165, 1.54) is 32.1 Å². The predicted molar refractivity (Wildman–Crippen MR) is 84.5 cm³/mol. The van der Waals surface area contributed by atoms with Gasteiger partial charge in [-0.1, -0.05) is 48.5 Å². The zero-order valence-corrected chi connectivity index (χ0v) is 13.3. The molecule has 1 aromatic rings. The quantitative estimate of drug-likeness (QED) is 0.659. The molecule has 0 N–H and O–H groups in total. The van der Waals surface area contributed by atoms with Gasteiger partial charge in [-0.05, 0) is 30.5 Å². The number of hydrogen-bond donors (Lipinski definition) is 0. The van der Waals surface area contributed by atoms with E-state index in [-0.39, 0.29) is 0 Å². The molecule has 0 unspecified atom stereocenters. The number of benzene rings is 1. The Morgan fingerprint density at radius 3 is 2.47 bits per heavy atom. The van der Waals surface area contributed by atoms with Crippen molar-refractivity contribution in [2.24, 2.45) is 0 Å². The zero-order valence-electron chi connectivity index (χ0n) is 11.0. The molecule has 0 saturated heterocycles. The van der Waals surface area contributed by atoms with E-state index >= 15 is 0 Å². The fourth-order valence-corrected chi connectivity index (χ4v) is 3.50. The normalized spacial score (nSPS) is 17.1. The van der Waals surface area contributed by atoms with Gasteiger partial charge in [-0.25, -0.2) is 0 Å². The van der Waals surface area contributed by atoms with Crippen LogP contribution in [0, 0.1) is 0 Å². The van der Waals surface area contributed by atoms with Gasteiger partial charge < -0.3 is 0 Å². The largest absolute Gasteiger partial charge is 0.295 e. The minimum atomic E-state index is 0.652. The topological polar surface area (TPSA) is 3.24 Å². The van der Waals surface area contributed by atoms with Gasteiger partial charge in [0, 0.05) is 35.1 Å². The summed E-state index contributed by atoms with van der Waals surface area (Å²) >= 11 is 18.2. The van der Waals surface area contributed by atoms with Gasteiger partial charge in [0.15, 0.2) is 0 Å². The third-order valence-electron chi connectivity index (χ3n) is 3.85. The standard InChI is InChI=1S/C15H20Cl3N/c16-8-9-19(14-4-2-1-3-5-14)11-12-6-7-13(17)10-15(12)18/h6-7,10,14H,1-5,8-9,11H2. The summed E-state index contributed by atoms with van der Waals surface area (Å²) in [6.07, 6.45) is 6.59. The van der Waals surface area contributed by atoms with Gasteiger partial charge in [0.2, 0.25) is 0 Å². The molecule has 4 heteroatoms. The average molecular weight is 321 g/mol. The fourth-order valence-electron chi connectivity index (χ4n) is 2.81. The first-order valence-electron chi connectivity index (χ1n) is 6.94. The summed E-state index contributed by atoms with van der Waals surface area (Å²) in [4.78, 5) is 2.47. The van der Waals surface area contributed by atoms with Crippen LogP contribution in [0.4, 0.5) is 0 Å². The highest BCUT2D eigenvalue weighted by Crippen LogP contribution is 2.27. The Morgan fingerprint density at radius 2 is 1.84 bits per heavy atom. The number of alkyl halides is 1. The highest BCUT2D eigenvalue weighted by atomic mass is 35.5. The highest BCUT2D eigenvalue weighted by Gasteiger charge is 2.21.